The van der Waals surface area contributed by atoms with Crippen LogP contribution in [-0.2, 0) is 6.42 Å². The predicted molar refractivity (Wildman–Crippen MR) is 164 cm³/mol. The third-order valence-corrected chi connectivity index (χ3v) is 10.6. The van der Waals surface area contributed by atoms with Crippen molar-refractivity contribution in [3.05, 3.63) is 47.7 Å². The van der Waals surface area contributed by atoms with Crippen LogP contribution in [0.5, 0.6) is 11.8 Å². The van der Waals surface area contributed by atoms with Gasteiger partial charge in [-0.2, -0.15) is 9.97 Å². The van der Waals surface area contributed by atoms with Crippen molar-refractivity contribution in [3.63, 3.8) is 0 Å². The number of benzene rings is 2. The van der Waals surface area contributed by atoms with Gasteiger partial charge in [0.05, 0.1) is 17.0 Å². The van der Waals surface area contributed by atoms with E-state index in [1.54, 1.807) is 12.3 Å². The van der Waals surface area contributed by atoms with Gasteiger partial charge in [-0.3, -0.25) is 9.88 Å². The summed E-state index contributed by atoms with van der Waals surface area (Å²) >= 11 is 0. The monoisotopic (exact) mass is 619 g/mol. The van der Waals surface area contributed by atoms with Crippen LogP contribution in [0.1, 0.15) is 57.4 Å². The summed E-state index contributed by atoms with van der Waals surface area (Å²) in [6, 6.07) is 5.92. The van der Waals surface area contributed by atoms with Gasteiger partial charge >= 0.3 is 6.01 Å². The van der Waals surface area contributed by atoms with E-state index < -0.39 is 29.4 Å². The molecule has 2 unspecified atom stereocenters. The number of hydrogen-bond acceptors (Lipinski definition) is 8. The molecule has 2 aromatic carbocycles. The van der Waals surface area contributed by atoms with E-state index >= 15 is 4.39 Å². The number of anilines is 1. The molecule has 0 spiro atoms. The van der Waals surface area contributed by atoms with E-state index in [0.29, 0.717) is 59.8 Å². The number of aromatic nitrogens is 3. The van der Waals surface area contributed by atoms with Crippen LogP contribution >= 0.6 is 0 Å². The number of fused-ring (bicyclic) bond motifs is 5. The topological polar surface area (TPSA) is 94.8 Å². The van der Waals surface area contributed by atoms with Crippen LogP contribution in [0.15, 0.2) is 30.5 Å². The van der Waals surface area contributed by atoms with E-state index in [2.05, 4.69) is 19.8 Å². The van der Waals surface area contributed by atoms with Crippen molar-refractivity contribution in [1.82, 2.24) is 19.9 Å². The molecule has 8 rings (SSSR count). The van der Waals surface area contributed by atoms with Gasteiger partial charge in [0.1, 0.15) is 41.4 Å². The number of piperidine rings is 1. The predicted octanol–water partition coefficient (Wildman–Crippen LogP) is 5.84. The Morgan fingerprint density at radius 1 is 1.11 bits per heavy atom. The highest BCUT2D eigenvalue weighted by atomic mass is 19.1. The minimum absolute atomic E-state index is 0.00339. The zero-order valence-corrected chi connectivity index (χ0v) is 25.1. The number of hydrogen-bond donors (Lipinski definition) is 2. The Bertz CT molecular complexity index is 1810. The van der Waals surface area contributed by atoms with Crippen LogP contribution in [0.25, 0.3) is 32.9 Å². The van der Waals surface area contributed by atoms with Crippen molar-refractivity contribution < 1.29 is 28.1 Å². The molecule has 8 nitrogen and oxygen atoms in total. The second kappa shape index (κ2) is 10.7. The van der Waals surface area contributed by atoms with Crippen LogP contribution in [0.3, 0.4) is 0 Å². The Kier molecular flexibility index (Phi) is 6.83. The lowest BCUT2D eigenvalue weighted by molar-refractivity contribution is 0.107. The molecule has 4 aliphatic rings. The fourth-order valence-electron chi connectivity index (χ4n) is 8.64. The molecular weight excluding hydrogens is 583 g/mol. The maximum absolute atomic E-state index is 16.9. The molecule has 4 saturated heterocycles. The Hall–Kier alpha value is -3.70. The smallest absolute Gasteiger partial charge is 0.319 e. The van der Waals surface area contributed by atoms with E-state index in [9.17, 15) is 19.0 Å². The largest absolute Gasteiger partial charge is 0.508 e. The number of aromatic hydroxyl groups is 1. The van der Waals surface area contributed by atoms with Crippen molar-refractivity contribution >= 4 is 27.5 Å². The molecule has 0 aliphatic carbocycles. The van der Waals surface area contributed by atoms with E-state index in [4.69, 9.17) is 9.72 Å². The summed E-state index contributed by atoms with van der Waals surface area (Å²) in [6.45, 7) is 3.22. The van der Waals surface area contributed by atoms with Gasteiger partial charge in [0.2, 0.25) is 0 Å². The number of phenols is 1. The van der Waals surface area contributed by atoms with E-state index in [1.807, 2.05) is 6.92 Å². The van der Waals surface area contributed by atoms with E-state index in [0.717, 1.165) is 32.2 Å². The van der Waals surface area contributed by atoms with Gasteiger partial charge in [-0.15, -0.1) is 0 Å². The van der Waals surface area contributed by atoms with Crippen LogP contribution in [0, 0.1) is 11.6 Å². The maximum atomic E-state index is 16.9. The minimum atomic E-state index is -0.918. The summed E-state index contributed by atoms with van der Waals surface area (Å²) in [4.78, 5) is 18.3. The molecule has 2 aromatic heterocycles. The van der Waals surface area contributed by atoms with Gasteiger partial charge in [-0.25, -0.2) is 13.2 Å². The zero-order valence-electron chi connectivity index (χ0n) is 25.1. The van der Waals surface area contributed by atoms with Crippen molar-refractivity contribution in [1.29, 1.82) is 0 Å². The summed E-state index contributed by atoms with van der Waals surface area (Å²) in [5.74, 6) is -0.728. The second-order valence-electron chi connectivity index (χ2n) is 13.3. The Morgan fingerprint density at radius 3 is 2.69 bits per heavy atom. The molecule has 45 heavy (non-hydrogen) atoms. The van der Waals surface area contributed by atoms with Gasteiger partial charge in [0.15, 0.2) is 5.82 Å². The lowest BCUT2D eigenvalue weighted by Gasteiger charge is -2.38. The normalized spacial score (nSPS) is 28.0. The number of nitrogens with zero attached hydrogens (tertiary/aromatic N) is 5. The molecule has 0 saturated carbocycles. The molecule has 0 radical (unpaired) electrons. The summed E-state index contributed by atoms with van der Waals surface area (Å²) in [6.07, 6.45) is 5.67. The number of aliphatic hydroxyl groups excluding tert-OH is 1. The molecular formula is C34H36F3N5O3. The molecule has 4 aliphatic heterocycles. The summed E-state index contributed by atoms with van der Waals surface area (Å²) < 4.78 is 52.5. The third-order valence-electron chi connectivity index (χ3n) is 10.6. The first-order valence-electron chi connectivity index (χ1n) is 16.0. The zero-order chi connectivity index (χ0) is 31.0. The molecule has 2 bridgehead atoms. The number of pyridine rings is 1. The van der Waals surface area contributed by atoms with Crippen LogP contribution in [0.2, 0.25) is 0 Å². The van der Waals surface area contributed by atoms with Crippen molar-refractivity contribution in [2.75, 3.05) is 24.6 Å². The molecule has 4 aromatic rings. The highest BCUT2D eigenvalue weighted by Gasteiger charge is 2.49. The van der Waals surface area contributed by atoms with E-state index in [1.165, 1.54) is 18.2 Å². The fourth-order valence-corrected chi connectivity index (χ4v) is 8.64. The average molecular weight is 620 g/mol. The molecule has 11 heteroatoms. The van der Waals surface area contributed by atoms with Crippen LogP contribution < -0.4 is 9.64 Å². The summed E-state index contributed by atoms with van der Waals surface area (Å²) in [7, 11) is 0. The number of aliphatic hydroxyl groups is 1. The van der Waals surface area contributed by atoms with Crippen LogP contribution in [-0.4, -0.2) is 79.7 Å². The highest BCUT2D eigenvalue weighted by molar-refractivity contribution is 6.01. The molecule has 4 atom stereocenters. The molecule has 236 valence electrons. The van der Waals surface area contributed by atoms with Crippen LogP contribution in [0.4, 0.5) is 19.0 Å². The summed E-state index contributed by atoms with van der Waals surface area (Å²) in [5.41, 5.74) is 0.183. The van der Waals surface area contributed by atoms with Gasteiger partial charge < -0.3 is 19.8 Å². The Balaban J connectivity index is 1.29. The average Bonchev–Trinajstić information content (AvgIpc) is 3.63. The maximum Gasteiger partial charge on any atom is 0.319 e. The van der Waals surface area contributed by atoms with Gasteiger partial charge in [0, 0.05) is 36.8 Å². The quantitative estimate of drug-likeness (QED) is 0.278. The third kappa shape index (κ3) is 4.61. The molecule has 6 heterocycles. The number of aryl methyl sites for hydroxylation is 1. The van der Waals surface area contributed by atoms with Gasteiger partial charge in [0.25, 0.3) is 0 Å². The lowest BCUT2D eigenvalue weighted by Crippen LogP contribution is -2.45. The summed E-state index contributed by atoms with van der Waals surface area (Å²) in [5, 5.41) is 22.5. The first kappa shape index (κ1) is 28.8. The second-order valence-corrected chi connectivity index (χ2v) is 13.3. The SMILES string of the molecule is CCc1c(F)ccc2cc(O)cc(-c3ncc4c(N5C6CCC5CC(O)C6)nc(OC[C@@]56CCCN5C[C@H](F)C6)nc4c3F)c12. The minimum Gasteiger partial charge on any atom is -0.508 e. The van der Waals surface area contributed by atoms with Crippen molar-refractivity contribution in [2.45, 2.75) is 88.2 Å². The number of alkyl halides is 1. The molecule has 4 fully saturated rings. The number of rotatable bonds is 6. The number of ether oxygens (including phenoxy) is 1. The first-order valence-corrected chi connectivity index (χ1v) is 16.0. The first-order chi connectivity index (χ1) is 21.7. The lowest BCUT2D eigenvalue weighted by atomic mass is 9.94. The van der Waals surface area contributed by atoms with E-state index in [-0.39, 0.29) is 47.2 Å². The van der Waals surface area contributed by atoms with Gasteiger partial charge in [-0.1, -0.05) is 13.0 Å². The standard InChI is InChI=1S/C34H36F3N5O3/c1-2-24-27(36)7-4-18-10-22(43)13-25(28(18)24)30-29(37)31-26(15-38-30)32(42-20-5-6-21(42)12-23(44)11-20)40-33(39-31)45-17-34-8-3-9-41(34)16-19(35)14-34/h4,7,10,13,15,19-21,23,43-44H,2-3,5-6,8-9,11-12,14,16-17H2,1H3/t19-,20?,21?,23?,34+/m1/s1. The van der Waals surface area contributed by atoms with Crippen molar-refractivity contribution in [2.24, 2.45) is 0 Å². The molecule has 2 N–H and O–H groups in total. The fraction of sp³-hybridized carbons (Fsp3) is 0.500. The molecule has 0 amide bonds. The Morgan fingerprint density at radius 2 is 1.91 bits per heavy atom. The Labute approximate surface area is 258 Å². The number of phenolic OH excluding ortho intramolecular Hbond substituents is 1. The van der Waals surface area contributed by atoms with Crippen molar-refractivity contribution in [3.8, 4) is 23.0 Å². The van der Waals surface area contributed by atoms with Gasteiger partial charge in [-0.05, 0) is 86.0 Å². The number of halogens is 3. The highest BCUT2D eigenvalue weighted by Crippen LogP contribution is 2.44.